The van der Waals surface area contributed by atoms with E-state index in [1.165, 1.54) is 15.4 Å². The quantitative estimate of drug-likeness (QED) is 0.273. The van der Waals surface area contributed by atoms with Crippen molar-refractivity contribution in [2.45, 2.75) is 0 Å². The molecular weight excluding hydrogens is 447 g/mol. The number of carbonyl (C=O) groups is 1. The highest BCUT2D eigenvalue weighted by atomic mass is 32.1. The van der Waals surface area contributed by atoms with E-state index in [0.717, 1.165) is 23.5 Å². The number of fused-ring (bicyclic) bond motifs is 5. The Hall–Kier alpha value is -3.35. The number of hydrogen-bond acceptors (Lipinski definition) is 7. The summed E-state index contributed by atoms with van der Waals surface area (Å²) in [4.78, 5) is 26.6. The Balaban J connectivity index is 2.07. The van der Waals surface area contributed by atoms with Crippen LogP contribution < -0.4 is 26.9 Å². The van der Waals surface area contributed by atoms with Gasteiger partial charge < -0.3 is 20.7 Å². The van der Waals surface area contributed by atoms with Gasteiger partial charge >= 0.3 is 5.97 Å². The van der Waals surface area contributed by atoms with Crippen LogP contribution in [0.2, 0.25) is 0 Å². The van der Waals surface area contributed by atoms with Crippen LogP contribution in [0.4, 0.5) is 24.5 Å². The third-order valence-corrected chi connectivity index (χ3v) is 6.71. The lowest BCUT2D eigenvalue weighted by molar-refractivity contribution is 0.0697. The molecule has 0 saturated carbocycles. The third kappa shape index (κ3) is 2.76. The van der Waals surface area contributed by atoms with Gasteiger partial charge in [0.05, 0.1) is 21.1 Å². The summed E-state index contributed by atoms with van der Waals surface area (Å²) >= 11 is 0.834. The molecule has 1 aliphatic rings. The fraction of sp³-hybridized carbons (Fsp3) is 0.200. The lowest BCUT2D eigenvalue weighted by Crippen LogP contribution is -2.44. The number of aromatic carboxylic acids is 1. The molecule has 5 rings (SSSR count). The maximum absolute atomic E-state index is 16.0. The fourth-order valence-corrected chi connectivity index (χ4v) is 5.41. The number of benzene rings is 2. The molecule has 0 unspecified atom stereocenters. The van der Waals surface area contributed by atoms with Gasteiger partial charge in [0, 0.05) is 26.2 Å². The summed E-state index contributed by atoms with van der Waals surface area (Å²) in [7, 11) is 0. The van der Waals surface area contributed by atoms with Crippen molar-refractivity contribution < 1.29 is 23.1 Å². The minimum atomic E-state index is -1.57. The normalized spacial score (nSPS) is 14.6. The summed E-state index contributed by atoms with van der Waals surface area (Å²) < 4.78 is 46.8. The lowest BCUT2D eigenvalue weighted by atomic mass is 10.1. The number of nitrogens with one attached hydrogen (secondary N) is 2. The number of hydrogen-bond donors (Lipinski definition) is 4. The van der Waals surface area contributed by atoms with Crippen LogP contribution in [0.25, 0.3) is 25.9 Å². The summed E-state index contributed by atoms with van der Waals surface area (Å²) in [5, 5.41) is 12.3. The van der Waals surface area contributed by atoms with Crippen molar-refractivity contribution in [3.63, 3.8) is 0 Å². The standard InChI is InChI=1S/C20H16F3N5O3S/c21-8-1-2-9-10(7-8)32-19-12(20(30)31)18(29)11-15(26-24)13(22)17(14(23)16(11)28(9)19)27-5-3-25-4-6-27/h1-2,7,25-26H,3-6,24H2,(H,30,31). The van der Waals surface area contributed by atoms with Crippen molar-refractivity contribution in [3.8, 4) is 0 Å². The van der Waals surface area contributed by atoms with Crippen LogP contribution in [0.1, 0.15) is 10.4 Å². The molecule has 166 valence electrons. The van der Waals surface area contributed by atoms with Gasteiger partial charge in [-0.15, -0.1) is 11.3 Å². The molecule has 0 atom stereocenters. The van der Waals surface area contributed by atoms with Crippen LogP contribution >= 0.6 is 11.3 Å². The number of anilines is 2. The van der Waals surface area contributed by atoms with E-state index in [2.05, 4.69) is 10.7 Å². The van der Waals surface area contributed by atoms with Crippen LogP contribution in [0.15, 0.2) is 23.0 Å². The Kier molecular flexibility index (Phi) is 4.73. The second-order valence-corrected chi connectivity index (χ2v) is 8.35. The van der Waals surface area contributed by atoms with E-state index in [4.69, 9.17) is 5.84 Å². The summed E-state index contributed by atoms with van der Waals surface area (Å²) in [6.07, 6.45) is 0. The number of rotatable bonds is 3. The van der Waals surface area contributed by atoms with Crippen LogP contribution in [0, 0.1) is 17.5 Å². The van der Waals surface area contributed by atoms with Crippen LogP contribution in [-0.4, -0.2) is 41.7 Å². The van der Waals surface area contributed by atoms with Crippen molar-refractivity contribution in [2.24, 2.45) is 5.84 Å². The van der Waals surface area contributed by atoms with Crippen LogP contribution in [-0.2, 0) is 0 Å². The number of pyridine rings is 1. The lowest BCUT2D eigenvalue weighted by Gasteiger charge is -2.31. The molecule has 12 heteroatoms. The van der Waals surface area contributed by atoms with Gasteiger partial charge in [-0.25, -0.2) is 18.0 Å². The van der Waals surface area contributed by atoms with Gasteiger partial charge in [-0.05, 0) is 18.2 Å². The topological polar surface area (TPSA) is 112 Å². The molecule has 3 heterocycles. The van der Waals surface area contributed by atoms with Crippen LogP contribution in [0.3, 0.4) is 0 Å². The minimum Gasteiger partial charge on any atom is -0.477 e. The molecule has 0 aliphatic carbocycles. The van der Waals surface area contributed by atoms with Gasteiger partial charge in [0.1, 0.15) is 27.6 Å². The second kappa shape index (κ2) is 7.36. The fourth-order valence-electron chi connectivity index (χ4n) is 4.21. The molecule has 1 aliphatic heterocycles. The summed E-state index contributed by atoms with van der Waals surface area (Å²) in [5.74, 6) is 1.27. The minimum absolute atomic E-state index is 0.0876. The Morgan fingerprint density at radius 1 is 1.19 bits per heavy atom. The molecule has 0 bridgehead atoms. The molecule has 0 amide bonds. The number of thiazole rings is 1. The van der Waals surface area contributed by atoms with Crippen LogP contribution in [0.5, 0.6) is 0 Å². The summed E-state index contributed by atoms with van der Waals surface area (Å²) in [6.45, 7) is 1.61. The van der Waals surface area contributed by atoms with E-state index >= 15 is 8.78 Å². The zero-order valence-corrected chi connectivity index (χ0v) is 17.2. The molecule has 5 N–H and O–H groups in total. The Bertz CT molecular complexity index is 1490. The van der Waals surface area contributed by atoms with Gasteiger partial charge in [-0.2, -0.15) is 0 Å². The van der Waals surface area contributed by atoms with E-state index in [-0.39, 0.29) is 21.6 Å². The highest BCUT2D eigenvalue weighted by Crippen LogP contribution is 2.40. The molecule has 1 saturated heterocycles. The molecule has 2 aromatic carbocycles. The van der Waals surface area contributed by atoms with Crippen molar-refractivity contribution in [3.05, 3.63) is 51.4 Å². The van der Waals surface area contributed by atoms with E-state index < -0.39 is 45.5 Å². The predicted octanol–water partition coefficient (Wildman–Crippen LogP) is 2.48. The van der Waals surface area contributed by atoms with Gasteiger partial charge in [-0.1, -0.05) is 0 Å². The smallest absolute Gasteiger partial charge is 0.342 e. The molecule has 1 fully saturated rings. The average molecular weight is 463 g/mol. The molecule has 2 aromatic heterocycles. The van der Waals surface area contributed by atoms with E-state index in [1.54, 1.807) is 0 Å². The van der Waals surface area contributed by atoms with Crippen molar-refractivity contribution in [1.82, 2.24) is 9.72 Å². The van der Waals surface area contributed by atoms with E-state index in [0.29, 0.717) is 30.9 Å². The second-order valence-electron chi connectivity index (χ2n) is 7.32. The van der Waals surface area contributed by atoms with Crippen molar-refractivity contribution in [2.75, 3.05) is 36.5 Å². The first-order chi connectivity index (χ1) is 15.3. The number of carboxylic acid groups (broad SMARTS) is 1. The maximum atomic E-state index is 16.0. The largest absolute Gasteiger partial charge is 0.477 e. The zero-order valence-electron chi connectivity index (χ0n) is 16.3. The third-order valence-electron chi connectivity index (χ3n) is 5.59. The van der Waals surface area contributed by atoms with E-state index in [1.807, 2.05) is 0 Å². The predicted molar refractivity (Wildman–Crippen MR) is 116 cm³/mol. The molecule has 0 spiro atoms. The number of nitrogens with two attached hydrogens (primary N) is 1. The van der Waals surface area contributed by atoms with Gasteiger partial charge in [0.2, 0.25) is 5.43 Å². The number of piperazine rings is 1. The van der Waals surface area contributed by atoms with Gasteiger partial charge in [0.25, 0.3) is 0 Å². The van der Waals surface area contributed by atoms with Gasteiger partial charge in [-0.3, -0.25) is 15.0 Å². The Labute approximate surface area is 181 Å². The zero-order chi connectivity index (χ0) is 22.7. The highest BCUT2D eigenvalue weighted by Gasteiger charge is 2.31. The highest BCUT2D eigenvalue weighted by molar-refractivity contribution is 7.24. The molecule has 32 heavy (non-hydrogen) atoms. The number of carboxylic acids is 1. The monoisotopic (exact) mass is 463 g/mol. The maximum Gasteiger partial charge on any atom is 0.342 e. The van der Waals surface area contributed by atoms with E-state index in [9.17, 15) is 19.1 Å². The number of nitrogens with zero attached hydrogens (tertiary/aromatic N) is 2. The number of nitrogen functional groups attached to an aromatic ring is 1. The summed E-state index contributed by atoms with van der Waals surface area (Å²) in [5.41, 5.74) is -0.562. The van der Waals surface area contributed by atoms with Crippen molar-refractivity contribution >= 4 is 54.6 Å². The number of aromatic nitrogens is 1. The van der Waals surface area contributed by atoms with Gasteiger partial charge in [0.15, 0.2) is 11.6 Å². The first-order valence-corrected chi connectivity index (χ1v) is 10.4. The number of halogens is 3. The average Bonchev–Trinajstić information content (AvgIpc) is 3.12. The first kappa shape index (κ1) is 20.5. The molecule has 0 radical (unpaired) electrons. The Morgan fingerprint density at radius 3 is 2.56 bits per heavy atom. The molecule has 4 aromatic rings. The number of hydrazine groups is 1. The van der Waals surface area contributed by atoms with Crippen molar-refractivity contribution in [1.29, 1.82) is 0 Å². The SMILES string of the molecule is NNc1c(F)c(N2CCNCC2)c(F)c2c1c(=O)c(C(=O)O)c1sc3cc(F)ccc3n12. The first-order valence-electron chi connectivity index (χ1n) is 9.62. The molecular formula is C20H16F3N5O3S. The Morgan fingerprint density at radius 2 is 1.91 bits per heavy atom. The summed E-state index contributed by atoms with van der Waals surface area (Å²) in [6, 6.07) is 3.65. The molecule has 8 nitrogen and oxygen atoms in total.